The third-order valence-corrected chi connectivity index (χ3v) is 4.84. The van der Waals surface area contributed by atoms with Crippen molar-refractivity contribution in [3.63, 3.8) is 0 Å². The molecule has 0 aromatic heterocycles. The molecule has 0 saturated carbocycles. The van der Waals surface area contributed by atoms with E-state index >= 15 is 0 Å². The molecule has 0 spiro atoms. The van der Waals surface area contributed by atoms with Crippen LogP contribution in [0.25, 0.3) is 0 Å². The number of carbonyl (C=O) groups excluding carboxylic acids is 2. The van der Waals surface area contributed by atoms with Crippen molar-refractivity contribution < 1.29 is 14.3 Å². The number of carbonyl (C=O) groups is 2. The molecule has 2 aliphatic heterocycles. The maximum atomic E-state index is 12.3. The molecule has 0 aliphatic carbocycles. The average Bonchev–Trinajstić information content (AvgIpc) is 3.21. The summed E-state index contributed by atoms with van der Waals surface area (Å²) in [5, 5.41) is 2.76. The maximum Gasteiger partial charge on any atom is 0.317 e. The summed E-state index contributed by atoms with van der Waals surface area (Å²) in [4.78, 5) is 30.1. The molecule has 3 rings (SSSR count). The number of ether oxygens (including phenoxy) is 1. The van der Waals surface area contributed by atoms with Gasteiger partial charge < -0.3 is 24.8 Å². The van der Waals surface area contributed by atoms with E-state index in [2.05, 4.69) is 10.2 Å². The molecule has 136 valence electrons. The van der Waals surface area contributed by atoms with Crippen LogP contribution in [0.15, 0.2) is 24.3 Å². The fourth-order valence-electron chi connectivity index (χ4n) is 3.38. The first-order chi connectivity index (χ1) is 12.2. The smallest absolute Gasteiger partial charge is 0.317 e. The Bertz CT molecular complexity index is 608. The van der Waals surface area contributed by atoms with Crippen LogP contribution in [-0.2, 0) is 4.79 Å². The first-order valence-electron chi connectivity index (χ1n) is 8.87. The molecule has 25 heavy (non-hydrogen) atoms. The Labute approximate surface area is 148 Å². The molecule has 7 heteroatoms. The van der Waals surface area contributed by atoms with Gasteiger partial charge in [-0.2, -0.15) is 0 Å². The molecule has 7 nitrogen and oxygen atoms in total. The predicted molar refractivity (Wildman–Crippen MR) is 96.0 cm³/mol. The van der Waals surface area contributed by atoms with Crippen molar-refractivity contribution in [3.8, 4) is 5.75 Å². The van der Waals surface area contributed by atoms with Crippen LogP contribution in [0.5, 0.6) is 5.75 Å². The monoisotopic (exact) mass is 346 g/mol. The molecule has 3 amide bonds. The highest BCUT2D eigenvalue weighted by Gasteiger charge is 2.24. The van der Waals surface area contributed by atoms with E-state index in [1.54, 1.807) is 12.0 Å². The van der Waals surface area contributed by atoms with E-state index < -0.39 is 0 Å². The van der Waals surface area contributed by atoms with Crippen LogP contribution in [0.3, 0.4) is 0 Å². The lowest BCUT2D eigenvalue weighted by Gasteiger charge is -2.36. The van der Waals surface area contributed by atoms with E-state index in [-0.39, 0.29) is 18.5 Å². The lowest BCUT2D eigenvalue weighted by Crippen LogP contribution is -2.53. The Morgan fingerprint density at radius 1 is 1.00 bits per heavy atom. The lowest BCUT2D eigenvalue weighted by molar-refractivity contribution is -0.129. The Morgan fingerprint density at radius 3 is 2.36 bits per heavy atom. The van der Waals surface area contributed by atoms with Gasteiger partial charge in [-0.15, -0.1) is 0 Å². The summed E-state index contributed by atoms with van der Waals surface area (Å²) in [7, 11) is 1.67. The van der Waals surface area contributed by atoms with Gasteiger partial charge in [0, 0.05) is 39.3 Å². The number of hydrogen-bond donors (Lipinski definition) is 1. The minimum absolute atomic E-state index is 0.0125. The number of amides is 3. The summed E-state index contributed by atoms with van der Waals surface area (Å²) in [5.74, 6) is 0.857. The zero-order valence-electron chi connectivity index (χ0n) is 14.7. The standard InChI is InChI=1S/C18H26N4O3/c1-25-16-7-3-2-6-15(16)20-10-12-22(13-11-20)18(24)19-14-17(23)21-8-4-5-9-21/h2-3,6-7H,4-5,8-14H2,1H3,(H,19,24). The van der Waals surface area contributed by atoms with Gasteiger partial charge >= 0.3 is 6.03 Å². The number of benzene rings is 1. The third kappa shape index (κ3) is 4.15. The Kier molecular flexibility index (Phi) is 5.63. The molecule has 0 bridgehead atoms. The predicted octanol–water partition coefficient (Wildman–Crippen LogP) is 1.15. The average molecular weight is 346 g/mol. The second kappa shape index (κ2) is 8.09. The van der Waals surface area contributed by atoms with Crippen molar-refractivity contribution in [3.05, 3.63) is 24.3 Å². The van der Waals surface area contributed by atoms with E-state index in [4.69, 9.17) is 4.74 Å². The Balaban J connectivity index is 1.46. The van der Waals surface area contributed by atoms with E-state index in [1.165, 1.54) is 0 Å². The summed E-state index contributed by atoms with van der Waals surface area (Å²) in [6.45, 7) is 4.45. The number of nitrogens with zero attached hydrogens (tertiary/aromatic N) is 3. The number of piperazine rings is 1. The highest BCUT2D eigenvalue weighted by Crippen LogP contribution is 2.28. The fourth-order valence-corrected chi connectivity index (χ4v) is 3.38. The number of para-hydroxylation sites is 2. The van der Waals surface area contributed by atoms with Crippen LogP contribution in [0.4, 0.5) is 10.5 Å². The molecule has 0 atom stereocenters. The third-order valence-electron chi connectivity index (χ3n) is 4.84. The molecule has 0 radical (unpaired) electrons. The topological polar surface area (TPSA) is 65.1 Å². The SMILES string of the molecule is COc1ccccc1N1CCN(C(=O)NCC(=O)N2CCCC2)CC1. The van der Waals surface area contributed by atoms with Gasteiger partial charge in [0.1, 0.15) is 5.75 Å². The molecule has 1 aromatic rings. The summed E-state index contributed by atoms with van der Waals surface area (Å²) in [5.41, 5.74) is 1.05. The molecule has 2 saturated heterocycles. The van der Waals surface area contributed by atoms with Gasteiger partial charge in [0.15, 0.2) is 0 Å². The first kappa shape index (κ1) is 17.4. The number of urea groups is 1. The van der Waals surface area contributed by atoms with E-state index in [1.807, 2.05) is 29.2 Å². The van der Waals surface area contributed by atoms with Gasteiger partial charge in [-0.05, 0) is 25.0 Å². The summed E-state index contributed by atoms with van der Waals surface area (Å²) < 4.78 is 5.41. The summed E-state index contributed by atoms with van der Waals surface area (Å²) >= 11 is 0. The van der Waals surface area contributed by atoms with Crippen LogP contribution in [0.2, 0.25) is 0 Å². The molecule has 2 aliphatic rings. The van der Waals surface area contributed by atoms with E-state index in [9.17, 15) is 9.59 Å². The van der Waals surface area contributed by atoms with Gasteiger partial charge in [-0.3, -0.25) is 4.79 Å². The van der Waals surface area contributed by atoms with Gasteiger partial charge in [0.2, 0.25) is 5.91 Å². The van der Waals surface area contributed by atoms with Crippen LogP contribution in [-0.4, -0.2) is 74.7 Å². The highest BCUT2D eigenvalue weighted by molar-refractivity contribution is 5.84. The number of nitrogens with one attached hydrogen (secondary N) is 1. The second-order valence-electron chi connectivity index (χ2n) is 6.39. The van der Waals surface area contributed by atoms with Crippen molar-refractivity contribution in [2.24, 2.45) is 0 Å². The Morgan fingerprint density at radius 2 is 1.68 bits per heavy atom. The van der Waals surface area contributed by atoms with Crippen molar-refractivity contribution in [2.45, 2.75) is 12.8 Å². The number of rotatable bonds is 4. The van der Waals surface area contributed by atoms with Crippen molar-refractivity contribution in [1.29, 1.82) is 0 Å². The molecule has 1 N–H and O–H groups in total. The zero-order chi connectivity index (χ0) is 17.6. The molecule has 2 heterocycles. The number of likely N-dealkylation sites (tertiary alicyclic amines) is 1. The maximum absolute atomic E-state index is 12.3. The molecular formula is C18H26N4O3. The fraction of sp³-hybridized carbons (Fsp3) is 0.556. The zero-order valence-corrected chi connectivity index (χ0v) is 14.7. The number of methoxy groups -OCH3 is 1. The minimum atomic E-state index is -0.160. The molecule has 0 unspecified atom stereocenters. The van der Waals surface area contributed by atoms with E-state index in [0.29, 0.717) is 13.1 Å². The minimum Gasteiger partial charge on any atom is -0.495 e. The van der Waals surface area contributed by atoms with Gasteiger partial charge in [-0.1, -0.05) is 12.1 Å². The number of anilines is 1. The quantitative estimate of drug-likeness (QED) is 0.888. The van der Waals surface area contributed by atoms with Crippen LogP contribution in [0, 0.1) is 0 Å². The van der Waals surface area contributed by atoms with Gasteiger partial charge in [-0.25, -0.2) is 4.79 Å². The molecule has 2 fully saturated rings. The normalized spacial score (nSPS) is 17.6. The lowest BCUT2D eigenvalue weighted by atomic mass is 10.2. The van der Waals surface area contributed by atoms with Gasteiger partial charge in [0.25, 0.3) is 0 Å². The first-order valence-corrected chi connectivity index (χ1v) is 8.87. The van der Waals surface area contributed by atoms with Crippen molar-refractivity contribution >= 4 is 17.6 Å². The molecular weight excluding hydrogens is 320 g/mol. The largest absolute Gasteiger partial charge is 0.495 e. The van der Waals surface area contributed by atoms with Crippen molar-refractivity contribution in [2.75, 3.05) is 57.8 Å². The second-order valence-corrected chi connectivity index (χ2v) is 6.39. The molecule has 1 aromatic carbocycles. The van der Waals surface area contributed by atoms with Crippen LogP contribution >= 0.6 is 0 Å². The van der Waals surface area contributed by atoms with Crippen LogP contribution < -0.4 is 15.0 Å². The summed E-state index contributed by atoms with van der Waals surface area (Å²) in [6.07, 6.45) is 2.12. The van der Waals surface area contributed by atoms with Gasteiger partial charge in [0.05, 0.1) is 19.3 Å². The highest BCUT2D eigenvalue weighted by atomic mass is 16.5. The van der Waals surface area contributed by atoms with Crippen molar-refractivity contribution in [1.82, 2.24) is 15.1 Å². The van der Waals surface area contributed by atoms with E-state index in [0.717, 1.165) is 50.5 Å². The Hall–Kier alpha value is -2.44. The van der Waals surface area contributed by atoms with Crippen LogP contribution in [0.1, 0.15) is 12.8 Å². The number of hydrogen-bond acceptors (Lipinski definition) is 4. The summed E-state index contributed by atoms with van der Waals surface area (Å²) in [6, 6.07) is 7.75.